The number of benzene rings is 1. The Labute approximate surface area is 168 Å². The summed E-state index contributed by atoms with van der Waals surface area (Å²) in [5, 5.41) is 8.00. The van der Waals surface area contributed by atoms with E-state index >= 15 is 0 Å². The number of carbonyl (C=O) groups excluding carboxylic acids is 2. The van der Waals surface area contributed by atoms with Crippen molar-refractivity contribution in [1.82, 2.24) is 15.2 Å². The van der Waals surface area contributed by atoms with Crippen molar-refractivity contribution in [2.24, 2.45) is 5.92 Å². The molecule has 0 radical (unpaired) electrons. The van der Waals surface area contributed by atoms with E-state index in [1.807, 2.05) is 0 Å². The molecule has 5 rings (SSSR count). The smallest absolute Gasteiger partial charge is 0.280 e. The van der Waals surface area contributed by atoms with E-state index in [0.717, 1.165) is 25.9 Å². The molecule has 0 unspecified atom stereocenters. The van der Waals surface area contributed by atoms with Gasteiger partial charge in [0.05, 0.1) is 0 Å². The van der Waals surface area contributed by atoms with Crippen LogP contribution < -0.4 is 15.4 Å². The van der Waals surface area contributed by atoms with Gasteiger partial charge in [-0.3, -0.25) is 14.5 Å². The van der Waals surface area contributed by atoms with Gasteiger partial charge < -0.3 is 15.4 Å². The Hall–Kier alpha value is -2.45. The first-order valence-corrected chi connectivity index (χ1v) is 10.4. The van der Waals surface area contributed by atoms with Crippen molar-refractivity contribution in [3.63, 3.8) is 0 Å². The van der Waals surface area contributed by atoms with Crippen LogP contribution >= 0.6 is 11.3 Å². The van der Waals surface area contributed by atoms with Crippen LogP contribution in [0.1, 0.15) is 37.0 Å². The van der Waals surface area contributed by atoms with Crippen LogP contribution in [0.4, 0.5) is 5.82 Å². The summed E-state index contributed by atoms with van der Waals surface area (Å²) in [7, 11) is 0. The fraction of sp³-hybridized carbons (Fsp3) is 0.450. The highest BCUT2D eigenvalue weighted by molar-refractivity contribution is 7.11. The van der Waals surface area contributed by atoms with Gasteiger partial charge in [-0.15, -0.1) is 0 Å². The van der Waals surface area contributed by atoms with Crippen molar-refractivity contribution in [3.05, 3.63) is 35.2 Å². The summed E-state index contributed by atoms with van der Waals surface area (Å²) in [6, 6.07) is 7.65. The molecule has 1 aromatic carbocycles. The summed E-state index contributed by atoms with van der Waals surface area (Å²) in [6.07, 6.45) is 2.33. The third kappa shape index (κ3) is 4.02. The first-order valence-electron chi connectivity index (χ1n) is 9.55. The number of carbonyl (C=O) groups is 2. The molecule has 0 saturated carbocycles. The Morgan fingerprint density at radius 3 is 2.57 bits per heavy atom. The zero-order chi connectivity index (χ0) is 19.7. The standard InChI is InChI=1S/C20H24N4O3S/c1-12-18(14-7-9-24(12)10-8-14)23-19(26)15-3-5-16(6-4-15)27-20-22-17(11-28-20)21-13(2)25/h3-6,11-12,14,18H,7-10H2,1-2H3,(H,21,25)(H,23,26)/t12-,18+/m1/s1. The Morgan fingerprint density at radius 2 is 1.93 bits per heavy atom. The number of aromatic nitrogens is 1. The summed E-state index contributed by atoms with van der Waals surface area (Å²) in [6.45, 7) is 5.92. The third-order valence-corrected chi connectivity index (χ3v) is 6.30. The molecule has 0 spiro atoms. The van der Waals surface area contributed by atoms with Crippen LogP contribution in [0.2, 0.25) is 0 Å². The van der Waals surface area contributed by atoms with Gasteiger partial charge in [-0.2, -0.15) is 4.98 Å². The number of piperidine rings is 3. The van der Waals surface area contributed by atoms with Gasteiger partial charge in [-0.25, -0.2) is 0 Å². The number of hydrogen-bond acceptors (Lipinski definition) is 6. The number of thiazole rings is 1. The number of anilines is 1. The van der Waals surface area contributed by atoms with Gasteiger partial charge in [-0.05, 0) is 63.0 Å². The van der Waals surface area contributed by atoms with E-state index in [4.69, 9.17) is 4.74 Å². The first kappa shape index (κ1) is 18.9. The molecular weight excluding hydrogens is 376 g/mol. The molecule has 8 heteroatoms. The number of nitrogens with zero attached hydrogens (tertiary/aromatic N) is 2. The van der Waals surface area contributed by atoms with Crippen molar-refractivity contribution < 1.29 is 14.3 Å². The number of ether oxygens (including phenoxy) is 1. The van der Waals surface area contributed by atoms with Crippen molar-refractivity contribution in [2.75, 3.05) is 18.4 Å². The monoisotopic (exact) mass is 400 g/mol. The molecule has 148 valence electrons. The van der Waals surface area contributed by atoms with Crippen LogP contribution in [0.25, 0.3) is 0 Å². The Bertz CT molecular complexity index is 857. The predicted octanol–water partition coefficient (Wildman–Crippen LogP) is 3.11. The second-order valence-electron chi connectivity index (χ2n) is 7.42. The van der Waals surface area contributed by atoms with E-state index in [1.54, 1.807) is 29.6 Å². The number of nitrogens with one attached hydrogen (secondary N) is 2. The molecule has 2 bridgehead atoms. The normalized spacial score (nSPS) is 25.9. The number of amides is 2. The average molecular weight is 401 g/mol. The van der Waals surface area contributed by atoms with Gasteiger partial charge in [0, 0.05) is 30.0 Å². The lowest BCUT2D eigenvalue weighted by molar-refractivity contribution is -0.114. The zero-order valence-electron chi connectivity index (χ0n) is 16.0. The highest BCUT2D eigenvalue weighted by atomic mass is 32.1. The molecule has 3 aliphatic heterocycles. The second-order valence-corrected chi connectivity index (χ2v) is 8.24. The summed E-state index contributed by atoms with van der Waals surface area (Å²) in [5.41, 5.74) is 0.620. The summed E-state index contributed by atoms with van der Waals surface area (Å²) >= 11 is 1.30. The largest absolute Gasteiger partial charge is 0.431 e. The minimum Gasteiger partial charge on any atom is -0.431 e. The minimum absolute atomic E-state index is 0.0423. The first-order chi connectivity index (χ1) is 13.5. The van der Waals surface area contributed by atoms with E-state index in [0.29, 0.717) is 34.3 Å². The van der Waals surface area contributed by atoms with Crippen LogP contribution in [-0.4, -0.2) is 46.9 Å². The Kier molecular flexibility index (Phi) is 5.32. The van der Waals surface area contributed by atoms with Gasteiger partial charge >= 0.3 is 0 Å². The lowest BCUT2D eigenvalue weighted by Gasteiger charge is -2.49. The van der Waals surface area contributed by atoms with Crippen molar-refractivity contribution >= 4 is 29.0 Å². The molecule has 0 aliphatic carbocycles. The second kappa shape index (κ2) is 7.89. The number of fused-ring (bicyclic) bond motifs is 3. The topological polar surface area (TPSA) is 83.6 Å². The lowest BCUT2D eigenvalue weighted by Crippen LogP contribution is -2.62. The molecule has 2 atom stereocenters. The lowest BCUT2D eigenvalue weighted by atomic mass is 9.79. The number of rotatable bonds is 5. The maximum absolute atomic E-state index is 12.7. The third-order valence-electron chi connectivity index (χ3n) is 5.58. The Morgan fingerprint density at radius 1 is 1.21 bits per heavy atom. The molecule has 28 heavy (non-hydrogen) atoms. The molecular formula is C20H24N4O3S. The molecule has 7 nitrogen and oxygen atoms in total. The van der Waals surface area contributed by atoms with E-state index < -0.39 is 0 Å². The van der Waals surface area contributed by atoms with Gasteiger partial charge in [-0.1, -0.05) is 11.3 Å². The molecule has 2 N–H and O–H groups in total. The fourth-order valence-corrected chi connectivity index (χ4v) is 4.72. The van der Waals surface area contributed by atoms with E-state index in [1.165, 1.54) is 18.3 Å². The van der Waals surface area contributed by atoms with E-state index in [-0.39, 0.29) is 17.9 Å². The minimum atomic E-state index is -0.176. The van der Waals surface area contributed by atoms with Crippen LogP contribution in [0.15, 0.2) is 29.6 Å². The fourth-order valence-electron chi connectivity index (χ4n) is 4.10. The van der Waals surface area contributed by atoms with Gasteiger partial charge in [0.1, 0.15) is 11.6 Å². The quantitative estimate of drug-likeness (QED) is 0.806. The van der Waals surface area contributed by atoms with Crippen LogP contribution in [-0.2, 0) is 4.79 Å². The van der Waals surface area contributed by atoms with Gasteiger partial charge in [0.2, 0.25) is 5.91 Å². The maximum atomic E-state index is 12.7. The molecule has 3 aliphatic rings. The number of hydrogen-bond donors (Lipinski definition) is 2. The molecule has 1 aromatic heterocycles. The summed E-state index contributed by atoms with van der Waals surface area (Å²) < 4.78 is 5.70. The van der Waals surface area contributed by atoms with Crippen LogP contribution in [0.5, 0.6) is 10.9 Å². The van der Waals surface area contributed by atoms with Crippen LogP contribution in [0.3, 0.4) is 0 Å². The van der Waals surface area contributed by atoms with Crippen LogP contribution in [0, 0.1) is 5.92 Å². The summed E-state index contributed by atoms with van der Waals surface area (Å²) in [5.74, 6) is 1.42. The average Bonchev–Trinajstić information content (AvgIpc) is 3.11. The van der Waals surface area contributed by atoms with E-state index in [2.05, 4.69) is 27.4 Å². The SMILES string of the molecule is CC(=O)Nc1csc(Oc2ccc(C(=O)N[C@@H]3C4CCN(CC4)[C@@H]3C)cc2)n1. The predicted molar refractivity (Wildman–Crippen MR) is 108 cm³/mol. The zero-order valence-corrected chi connectivity index (χ0v) is 16.8. The van der Waals surface area contributed by atoms with Crippen molar-refractivity contribution in [1.29, 1.82) is 0 Å². The Balaban J connectivity index is 1.37. The maximum Gasteiger partial charge on any atom is 0.280 e. The molecule has 2 aromatic rings. The molecule has 3 fully saturated rings. The molecule has 4 heterocycles. The van der Waals surface area contributed by atoms with Crippen molar-refractivity contribution in [2.45, 2.75) is 38.8 Å². The van der Waals surface area contributed by atoms with E-state index in [9.17, 15) is 9.59 Å². The van der Waals surface area contributed by atoms with Gasteiger partial charge in [0.25, 0.3) is 11.1 Å². The highest BCUT2D eigenvalue weighted by Crippen LogP contribution is 2.32. The van der Waals surface area contributed by atoms with Crippen molar-refractivity contribution in [3.8, 4) is 10.9 Å². The van der Waals surface area contributed by atoms with Gasteiger partial charge in [0.15, 0.2) is 0 Å². The molecule has 2 amide bonds. The molecule has 3 saturated heterocycles. The highest BCUT2D eigenvalue weighted by Gasteiger charge is 2.40. The summed E-state index contributed by atoms with van der Waals surface area (Å²) in [4.78, 5) is 30.4.